The molecule has 1 amide bonds. The molecule has 0 spiro atoms. The number of aliphatic carboxylic acids is 1. The zero-order valence-corrected chi connectivity index (χ0v) is 19.2. The van der Waals surface area contributed by atoms with E-state index in [2.05, 4.69) is 9.97 Å². The summed E-state index contributed by atoms with van der Waals surface area (Å²) in [6.07, 6.45) is 0. The molecule has 1 N–H and O–H groups in total. The quantitative estimate of drug-likeness (QED) is 0.726. The maximum absolute atomic E-state index is 13.0. The Kier molecular flexibility index (Phi) is 6.33. The number of amides is 1. The molecule has 2 saturated heterocycles. The average molecular weight is 449 g/mol. The van der Waals surface area contributed by atoms with E-state index in [1.54, 1.807) is 23.1 Å². The number of aromatic nitrogens is 2. The van der Waals surface area contributed by atoms with Gasteiger partial charge in [-0.3, -0.25) is 9.59 Å². The Balaban J connectivity index is 0.000000628. The predicted octanol–water partition coefficient (Wildman–Crippen LogP) is 1.14. The summed E-state index contributed by atoms with van der Waals surface area (Å²) in [4.78, 5) is 34.7. The Morgan fingerprint density at radius 1 is 1.10 bits per heavy atom. The fraction of sp³-hybridized carbons (Fsp3) is 0.524. The summed E-state index contributed by atoms with van der Waals surface area (Å²) >= 11 is 0. The van der Waals surface area contributed by atoms with Gasteiger partial charge < -0.3 is 14.9 Å². The maximum Gasteiger partial charge on any atom is 0.300 e. The van der Waals surface area contributed by atoms with Crippen molar-refractivity contribution in [3.63, 3.8) is 0 Å². The molecular formula is C21H28N4O5S. The second-order valence-corrected chi connectivity index (χ2v) is 10.7. The molecule has 2 fully saturated rings. The lowest BCUT2D eigenvalue weighted by atomic mass is 10.00. The molecule has 31 heavy (non-hydrogen) atoms. The number of hydrogen-bond donors (Lipinski definition) is 1. The zero-order chi connectivity index (χ0) is 23.1. The fourth-order valence-electron chi connectivity index (χ4n) is 4.28. The van der Waals surface area contributed by atoms with E-state index in [1.165, 1.54) is 0 Å². The van der Waals surface area contributed by atoms with Gasteiger partial charge >= 0.3 is 0 Å². The number of benzene rings is 1. The minimum absolute atomic E-state index is 0.0286. The van der Waals surface area contributed by atoms with Crippen molar-refractivity contribution in [2.75, 3.05) is 32.9 Å². The van der Waals surface area contributed by atoms with Crippen LogP contribution >= 0.6 is 0 Å². The molecule has 0 unspecified atom stereocenters. The number of nitrogens with zero attached hydrogens (tertiary/aromatic N) is 4. The van der Waals surface area contributed by atoms with Gasteiger partial charge in [-0.15, -0.1) is 0 Å². The molecule has 10 heteroatoms. The lowest BCUT2D eigenvalue weighted by Gasteiger charge is -2.25. The maximum atomic E-state index is 13.0. The predicted molar refractivity (Wildman–Crippen MR) is 117 cm³/mol. The first kappa shape index (κ1) is 23.1. The van der Waals surface area contributed by atoms with Gasteiger partial charge in [0.05, 0.1) is 33.4 Å². The summed E-state index contributed by atoms with van der Waals surface area (Å²) in [5, 5.41) is 6.96. The van der Waals surface area contributed by atoms with Crippen molar-refractivity contribution in [2.45, 2.75) is 32.1 Å². The van der Waals surface area contributed by atoms with Crippen LogP contribution in [-0.4, -0.2) is 89.4 Å². The first-order valence-corrected chi connectivity index (χ1v) is 11.7. The number of carboxylic acid groups (broad SMARTS) is 1. The standard InChI is InChI=1S/C19H24N4O3S.C2H4O2/c1-11-12(2)21-16-7-13(5-6-15(16)20-11)19(24)23-8-14-17(22(3)4)10-27(25,26)18(14)9-23;1-2(3)4/h5-7,14,17-18H,8-10H2,1-4H3;1H3,(H,3,4)/t14-,17+,18-;/m0./s1. The molecule has 3 atom stereocenters. The highest BCUT2D eigenvalue weighted by Crippen LogP contribution is 2.36. The molecule has 1 aromatic heterocycles. The number of carbonyl (C=O) groups excluding carboxylic acids is 1. The van der Waals surface area contributed by atoms with Crippen LogP contribution < -0.4 is 0 Å². The highest BCUT2D eigenvalue weighted by atomic mass is 32.2. The van der Waals surface area contributed by atoms with E-state index in [-0.39, 0.29) is 30.2 Å². The van der Waals surface area contributed by atoms with Crippen molar-refractivity contribution in [2.24, 2.45) is 5.92 Å². The van der Waals surface area contributed by atoms with Gasteiger partial charge in [-0.25, -0.2) is 18.4 Å². The van der Waals surface area contributed by atoms with Crippen LogP contribution in [-0.2, 0) is 14.6 Å². The largest absolute Gasteiger partial charge is 0.481 e. The Hall–Kier alpha value is -2.59. The van der Waals surface area contributed by atoms with E-state index < -0.39 is 21.1 Å². The molecule has 2 aromatic rings. The summed E-state index contributed by atoms with van der Waals surface area (Å²) in [5.41, 5.74) is 3.67. The first-order chi connectivity index (χ1) is 14.4. The number of carboxylic acids is 1. The summed E-state index contributed by atoms with van der Waals surface area (Å²) < 4.78 is 25.0. The number of likely N-dealkylation sites (tertiary alicyclic amines) is 1. The van der Waals surface area contributed by atoms with Gasteiger partial charge in [0.2, 0.25) is 0 Å². The second-order valence-electron chi connectivity index (χ2n) is 8.39. The van der Waals surface area contributed by atoms with Crippen molar-refractivity contribution in [1.82, 2.24) is 19.8 Å². The zero-order valence-electron chi connectivity index (χ0n) is 18.4. The summed E-state index contributed by atoms with van der Waals surface area (Å²) in [6, 6.07) is 5.27. The number of fused-ring (bicyclic) bond motifs is 2. The van der Waals surface area contributed by atoms with Crippen LogP contribution in [0.3, 0.4) is 0 Å². The fourth-order valence-corrected chi connectivity index (χ4v) is 6.75. The molecule has 2 aliphatic heterocycles. The van der Waals surface area contributed by atoms with Crippen LogP contribution in [0, 0.1) is 19.8 Å². The van der Waals surface area contributed by atoms with E-state index in [0.29, 0.717) is 17.6 Å². The molecule has 9 nitrogen and oxygen atoms in total. The van der Waals surface area contributed by atoms with Gasteiger partial charge in [-0.05, 0) is 46.1 Å². The summed E-state index contributed by atoms with van der Waals surface area (Å²) in [7, 11) is 0.635. The van der Waals surface area contributed by atoms with E-state index >= 15 is 0 Å². The van der Waals surface area contributed by atoms with Gasteiger partial charge in [0.25, 0.3) is 11.9 Å². The molecule has 1 aromatic carbocycles. The van der Waals surface area contributed by atoms with Crippen LogP contribution in [0.4, 0.5) is 0 Å². The molecule has 0 bridgehead atoms. The highest BCUT2D eigenvalue weighted by Gasteiger charge is 2.53. The van der Waals surface area contributed by atoms with Crippen LogP contribution in [0.2, 0.25) is 0 Å². The third-order valence-corrected chi connectivity index (χ3v) is 8.17. The van der Waals surface area contributed by atoms with Crippen molar-refractivity contribution in [3.05, 3.63) is 35.2 Å². The Labute approximate surface area is 182 Å². The van der Waals surface area contributed by atoms with Crippen LogP contribution in [0.15, 0.2) is 18.2 Å². The van der Waals surface area contributed by atoms with Gasteiger partial charge in [0.15, 0.2) is 9.84 Å². The van der Waals surface area contributed by atoms with E-state index in [4.69, 9.17) is 9.90 Å². The van der Waals surface area contributed by atoms with Gasteiger partial charge in [-0.2, -0.15) is 0 Å². The SMILES string of the molecule is CC(=O)O.Cc1nc2ccc(C(=O)N3C[C@H]4[C@H](N(C)C)CS(=O)(=O)[C@H]4C3)cc2nc1C. The van der Waals surface area contributed by atoms with Crippen LogP contribution in [0.1, 0.15) is 28.7 Å². The Bertz CT molecular complexity index is 1130. The van der Waals surface area contributed by atoms with Crippen molar-refractivity contribution in [3.8, 4) is 0 Å². The van der Waals surface area contributed by atoms with Gasteiger partial charge in [0, 0.05) is 37.5 Å². The normalized spacial score (nSPS) is 24.1. The molecule has 2 aliphatic rings. The first-order valence-electron chi connectivity index (χ1n) is 10.0. The number of hydrogen-bond acceptors (Lipinski definition) is 7. The summed E-state index contributed by atoms with van der Waals surface area (Å²) in [5.74, 6) is -0.820. The lowest BCUT2D eigenvalue weighted by Crippen LogP contribution is -2.38. The molecule has 4 rings (SSSR count). The lowest BCUT2D eigenvalue weighted by molar-refractivity contribution is -0.134. The topological polar surface area (TPSA) is 121 Å². The molecule has 0 saturated carbocycles. The molecular weight excluding hydrogens is 420 g/mol. The van der Waals surface area contributed by atoms with E-state index in [1.807, 2.05) is 32.8 Å². The minimum Gasteiger partial charge on any atom is -0.481 e. The smallest absolute Gasteiger partial charge is 0.300 e. The number of aryl methyl sites for hydroxylation is 2. The number of rotatable bonds is 2. The van der Waals surface area contributed by atoms with Gasteiger partial charge in [-0.1, -0.05) is 0 Å². The van der Waals surface area contributed by atoms with Crippen molar-refractivity contribution in [1.29, 1.82) is 0 Å². The minimum atomic E-state index is -3.17. The molecule has 168 valence electrons. The number of carbonyl (C=O) groups is 2. The van der Waals surface area contributed by atoms with E-state index in [0.717, 1.165) is 23.8 Å². The third kappa shape index (κ3) is 4.69. The molecule has 0 aliphatic carbocycles. The van der Waals surface area contributed by atoms with Crippen molar-refractivity contribution < 1.29 is 23.1 Å². The summed E-state index contributed by atoms with van der Waals surface area (Å²) in [6.45, 7) is 5.63. The monoisotopic (exact) mass is 448 g/mol. The van der Waals surface area contributed by atoms with Gasteiger partial charge in [0.1, 0.15) is 0 Å². The third-order valence-electron chi connectivity index (χ3n) is 5.94. The van der Waals surface area contributed by atoms with Crippen LogP contribution in [0.25, 0.3) is 11.0 Å². The number of sulfone groups is 1. The van der Waals surface area contributed by atoms with Crippen molar-refractivity contribution >= 4 is 32.7 Å². The molecule has 3 heterocycles. The second kappa shape index (κ2) is 8.51. The Morgan fingerprint density at radius 2 is 1.68 bits per heavy atom. The van der Waals surface area contributed by atoms with Crippen LogP contribution in [0.5, 0.6) is 0 Å². The Morgan fingerprint density at radius 3 is 2.26 bits per heavy atom. The highest BCUT2D eigenvalue weighted by molar-refractivity contribution is 7.92. The average Bonchev–Trinajstić information content (AvgIpc) is 3.20. The van der Waals surface area contributed by atoms with E-state index in [9.17, 15) is 13.2 Å². The molecule has 0 radical (unpaired) electrons.